The normalized spacial score (nSPS) is 10.8. The molecule has 112 valence electrons. The number of furan rings is 1. The summed E-state index contributed by atoms with van der Waals surface area (Å²) in [5.41, 5.74) is 0.0424. The van der Waals surface area contributed by atoms with Gasteiger partial charge < -0.3 is 19.6 Å². The summed E-state index contributed by atoms with van der Waals surface area (Å²) in [6, 6.07) is 1.26. The van der Waals surface area contributed by atoms with Gasteiger partial charge in [-0.2, -0.15) is 0 Å². The zero-order chi connectivity index (χ0) is 15.1. The van der Waals surface area contributed by atoms with E-state index < -0.39 is 11.9 Å². The molecule has 0 saturated heterocycles. The van der Waals surface area contributed by atoms with Gasteiger partial charge in [0.25, 0.3) is 5.91 Å². The van der Waals surface area contributed by atoms with Crippen molar-refractivity contribution in [3.8, 4) is 0 Å². The van der Waals surface area contributed by atoms with Crippen LogP contribution in [0, 0.1) is 0 Å². The number of rotatable bonds is 8. The van der Waals surface area contributed by atoms with E-state index in [2.05, 4.69) is 5.32 Å². The number of amides is 1. The third kappa shape index (κ3) is 4.70. The maximum Gasteiger partial charge on any atom is 0.339 e. The Bertz CT molecular complexity index is 464. The van der Waals surface area contributed by atoms with E-state index in [1.54, 1.807) is 6.92 Å². The highest BCUT2D eigenvalue weighted by Gasteiger charge is 2.19. The number of aromatic carboxylic acids is 1. The highest BCUT2D eigenvalue weighted by molar-refractivity contribution is 5.96. The van der Waals surface area contributed by atoms with Crippen LogP contribution in [0.15, 0.2) is 10.5 Å². The first kappa shape index (κ1) is 16.2. The first-order valence-electron chi connectivity index (χ1n) is 6.71. The maximum absolute atomic E-state index is 11.8. The lowest BCUT2D eigenvalue weighted by atomic mass is 10.2. The van der Waals surface area contributed by atoms with E-state index in [-0.39, 0.29) is 17.4 Å². The average Bonchev–Trinajstić information content (AvgIpc) is 2.82. The van der Waals surface area contributed by atoms with E-state index in [4.69, 9.17) is 14.3 Å². The van der Waals surface area contributed by atoms with Crippen molar-refractivity contribution in [3.05, 3.63) is 23.2 Å². The van der Waals surface area contributed by atoms with Gasteiger partial charge in [-0.3, -0.25) is 4.79 Å². The number of nitrogens with one attached hydrogen (secondary N) is 1. The summed E-state index contributed by atoms with van der Waals surface area (Å²) in [6.07, 6.45) is 1.29. The third-order valence-electron chi connectivity index (χ3n) is 2.64. The zero-order valence-corrected chi connectivity index (χ0v) is 12.1. The largest absolute Gasteiger partial charge is 0.478 e. The molecule has 0 spiro atoms. The van der Waals surface area contributed by atoms with Gasteiger partial charge in [0.1, 0.15) is 11.3 Å². The van der Waals surface area contributed by atoms with Crippen LogP contribution in [0.5, 0.6) is 0 Å². The van der Waals surface area contributed by atoms with Gasteiger partial charge in [0.2, 0.25) is 0 Å². The molecule has 0 bridgehead atoms. The van der Waals surface area contributed by atoms with Crippen molar-refractivity contribution in [2.45, 2.75) is 39.7 Å². The van der Waals surface area contributed by atoms with Gasteiger partial charge in [0.15, 0.2) is 5.76 Å². The molecule has 1 rings (SSSR count). The van der Waals surface area contributed by atoms with Gasteiger partial charge in [0.05, 0.1) is 6.10 Å². The SMILES string of the molecule is CCc1oc(C(=O)NCCCOC(C)C)cc1C(=O)O. The number of hydrogen-bond donors (Lipinski definition) is 2. The van der Waals surface area contributed by atoms with Crippen molar-refractivity contribution in [2.24, 2.45) is 0 Å². The Labute approximate surface area is 118 Å². The number of carbonyl (C=O) groups excluding carboxylic acids is 1. The summed E-state index contributed by atoms with van der Waals surface area (Å²) in [4.78, 5) is 22.8. The average molecular weight is 283 g/mol. The summed E-state index contributed by atoms with van der Waals surface area (Å²) in [6.45, 7) is 6.69. The van der Waals surface area contributed by atoms with Gasteiger partial charge in [-0.25, -0.2) is 4.79 Å². The van der Waals surface area contributed by atoms with Gasteiger partial charge in [-0.1, -0.05) is 6.92 Å². The van der Waals surface area contributed by atoms with E-state index in [0.717, 1.165) is 0 Å². The van der Waals surface area contributed by atoms with Crippen LogP contribution in [-0.4, -0.2) is 36.2 Å². The van der Waals surface area contributed by atoms with Gasteiger partial charge in [0, 0.05) is 25.6 Å². The second-order valence-electron chi connectivity index (χ2n) is 4.64. The zero-order valence-electron chi connectivity index (χ0n) is 12.1. The molecule has 6 nitrogen and oxygen atoms in total. The fraction of sp³-hybridized carbons (Fsp3) is 0.571. The van der Waals surface area contributed by atoms with E-state index in [9.17, 15) is 9.59 Å². The van der Waals surface area contributed by atoms with Crippen LogP contribution in [0.1, 0.15) is 53.9 Å². The Balaban J connectivity index is 2.49. The minimum absolute atomic E-state index is 0.0315. The number of ether oxygens (including phenoxy) is 1. The number of hydrogen-bond acceptors (Lipinski definition) is 4. The minimum atomic E-state index is -1.09. The molecule has 0 aromatic carbocycles. The van der Waals surface area contributed by atoms with Gasteiger partial charge in [-0.15, -0.1) is 0 Å². The molecule has 0 radical (unpaired) electrons. The van der Waals surface area contributed by atoms with Crippen LogP contribution < -0.4 is 5.32 Å². The second kappa shape index (κ2) is 7.69. The van der Waals surface area contributed by atoms with Crippen molar-refractivity contribution in [3.63, 3.8) is 0 Å². The molecule has 0 saturated carbocycles. The Hall–Kier alpha value is -1.82. The van der Waals surface area contributed by atoms with Crippen LogP contribution in [-0.2, 0) is 11.2 Å². The number of carboxylic acid groups (broad SMARTS) is 1. The Kier molecular flexibility index (Phi) is 6.24. The first-order valence-corrected chi connectivity index (χ1v) is 6.71. The Morgan fingerprint density at radius 3 is 2.65 bits per heavy atom. The molecule has 1 amide bonds. The molecule has 0 atom stereocenters. The molecular formula is C14H21NO5. The van der Waals surface area contributed by atoms with E-state index in [1.165, 1.54) is 6.07 Å². The van der Waals surface area contributed by atoms with Crippen LogP contribution in [0.3, 0.4) is 0 Å². The topological polar surface area (TPSA) is 88.8 Å². The third-order valence-corrected chi connectivity index (χ3v) is 2.64. The van der Waals surface area contributed by atoms with Gasteiger partial charge >= 0.3 is 5.97 Å². The molecule has 0 aliphatic heterocycles. The Morgan fingerprint density at radius 2 is 2.15 bits per heavy atom. The molecule has 1 aromatic heterocycles. The maximum atomic E-state index is 11.8. The molecule has 1 heterocycles. The minimum Gasteiger partial charge on any atom is -0.478 e. The van der Waals surface area contributed by atoms with E-state index in [0.29, 0.717) is 31.8 Å². The summed E-state index contributed by atoms with van der Waals surface area (Å²) in [5, 5.41) is 11.7. The summed E-state index contributed by atoms with van der Waals surface area (Å²) in [7, 11) is 0. The molecule has 0 aliphatic carbocycles. The lowest BCUT2D eigenvalue weighted by Gasteiger charge is -2.07. The standard InChI is InChI=1S/C14H21NO5/c1-4-11-10(14(17)18)8-12(20-11)13(16)15-6-5-7-19-9(2)3/h8-9H,4-7H2,1-3H3,(H,15,16)(H,17,18). The predicted molar refractivity (Wildman–Crippen MR) is 73.1 cm³/mol. The lowest BCUT2D eigenvalue weighted by Crippen LogP contribution is -2.25. The van der Waals surface area contributed by atoms with Crippen molar-refractivity contribution >= 4 is 11.9 Å². The van der Waals surface area contributed by atoms with Crippen LogP contribution in [0.25, 0.3) is 0 Å². The number of carboxylic acids is 1. The van der Waals surface area contributed by atoms with Crippen molar-refractivity contribution in [2.75, 3.05) is 13.2 Å². The predicted octanol–water partition coefficient (Wildman–Crippen LogP) is 2.09. The number of aryl methyl sites for hydroxylation is 1. The van der Waals surface area contributed by atoms with Crippen molar-refractivity contribution in [1.82, 2.24) is 5.32 Å². The summed E-state index contributed by atoms with van der Waals surface area (Å²) in [5.74, 6) is -1.15. The lowest BCUT2D eigenvalue weighted by molar-refractivity contribution is 0.0693. The van der Waals surface area contributed by atoms with Gasteiger partial charge in [-0.05, 0) is 20.3 Å². The second-order valence-corrected chi connectivity index (χ2v) is 4.64. The van der Waals surface area contributed by atoms with E-state index >= 15 is 0 Å². The molecule has 2 N–H and O–H groups in total. The molecular weight excluding hydrogens is 262 g/mol. The molecule has 1 aromatic rings. The fourth-order valence-corrected chi connectivity index (χ4v) is 1.66. The molecule has 0 aliphatic rings. The van der Waals surface area contributed by atoms with E-state index in [1.807, 2.05) is 13.8 Å². The van der Waals surface area contributed by atoms with Crippen molar-refractivity contribution < 1.29 is 23.8 Å². The molecule has 6 heteroatoms. The summed E-state index contributed by atoms with van der Waals surface area (Å²) >= 11 is 0. The fourth-order valence-electron chi connectivity index (χ4n) is 1.66. The highest BCUT2D eigenvalue weighted by Crippen LogP contribution is 2.16. The molecule has 0 unspecified atom stereocenters. The number of carbonyl (C=O) groups is 2. The Morgan fingerprint density at radius 1 is 1.45 bits per heavy atom. The quantitative estimate of drug-likeness (QED) is 0.713. The summed E-state index contributed by atoms with van der Waals surface area (Å²) < 4.78 is 10.6. The first-order chi connectivity index (χ1) is 9.45. The van der Waals surface area contributed by atoms with Crippen LogP contribution in [0.2, 0.25) is 0 Å². The van der Waals surface area contributed by atoms with Crippen LogP contribution in [0.4, 0.5) is 0 Å². The smallest absolute Gasteiger partial charge is 0.339 e. The molecule has 0 fully saturated rings. The monoisotopic (exact) mass is 283 g/mol. The van der Waals surface area contributed by atoms with Crippen molar-refractivity contribution in [1.29, 1.82) is 0 Å². The van der Waals surface area contributed by atoms with Crippen LogP contribution >= 0.6 is 0 Å². The highest BCUT2D eigenvalue weighted by atomic mass is 16.5. The molecule has 20 heavy (non-hydrogen) atoms.